The Bertz CT molecular complexity index is 217. The third kappa shape index (κ3) is 3.14. The van der Waals surface area contributed by atoms with Gasteiger partial charge in [-0.2, -0.15) is 0 Å². The molecule has 0 aromatic rings. The number of hydrogen-bond acceptors (Lipinski definition) is 2. The first-order chi connectivity index (χ1) is 6.63. The van der Waals surface area contributed by atoms with E-state index in [1.54, 1.807) is 0 Å². The lowest BCUT2D eigenvalue weighted by Crippen LogP contribution is -2.33. The highest BCUT2D eigenvalue weighted by Gasteiger charge is 2.20. The number of rotatable bonds is 4. The van der Waals surface area contributed by atoms with Gasteiger partial charge in [0.05, 0.1) is 0 Å². The average Bonchev–Trinajstić information content (AvgIpc) is 2.19. The van der Waals surface area contributed by atoms with Gasteiger partial charge in [-0.05, 0) is 44.8 Å². The van der Waals surface area contributed by atoms with E-state index in [2.05, 4.69) is 18.4 Å². The molecule has 0 aromatic carbocycles. The molecule has 0 amide bonds. The molecular weight excluding hydrogens is 178 g/mol. The maximum atomic E-state index is 10.6. The second-order valence-electron chi connectivity index (χ2n) is 3.99. The van der Waals surface area contributed by atoms with E-state index >= 15 is 0 Å². The molecule has 3 nitrogen and oxygen atoms in total. The highest BCUT2D eigenvalue weighted by atomic mass is 16.4. The normalized spacial score (nSPS) is 19.5. The maximum Gasteiger partial charge on any atom is 0.330 e. The lowest BCUT2D eigenvalue weighted by molar-refractivity contribution is -0.132. The maximum absolute atomic E-state index is 10.6. The number of carbonyl (C=O) groups is 1. The van der Waals surface area contributed by atoms with Crippen molar-refractivity contribution in [2.45, 2.75) is 26.2 Å². The summed E-state index contributed by atoms with van der Waals surface area (Å²) in [7, 11) is 0. The summed E-state index contributed by atoms with van der Waals surface area (Å²) in [6.45, 7) is 9.05. The van der Waals surface area contributed by atoms with Crippen LogP contribution in [0, 0.1) is 5.92 Å². The van der Waals surface area contributed by atoms with Crippen LogP contribution < -0.4 is 0 Å². The van der Waals surface area contributed by atoms with Crippen LogP contribution in [0.5, 0.6) is 0 Å². The van der Waals surface area contributed by atoms with Crippen LogP contribution in [0.1, 0.15) is 26.2 Å². The fraction of sp³-hybridized carbons (Fsp3) is 0.727. The Kier molecular flexibility index (Phi) is 4.14. The molecule has 1 N–H and O–H groups in total. The molecule has 0 saturated carbocycles. The second kappa shape index (κ2) is 5.15. The molecule has 14 heavy (non-hydrogen) atoms. The average molecular weight is 197 g/mol. The molecule has 0 aromatic heterocycles. The van der Waals surface area contributed by atoms with Gasteiger partial charge in [0.1, 0.15) is 0 Å². The molecule has 1 heterocycles. The van der Waals surface area contributed by atoms with Gasteiger partial charge in [0, 0.05) is 5.57 Å². The number of nitrogens with zero attached hydrogens (tertiary/aromatic N) is 1. The molecule has 0 aliphatic carbocycles. The summed E-state index contributed by atoms with van der Waals surface area (Å²) < 4.78 is 0. The van der Waals surface area contributed by atoms with Crippen molar-refractivity contribution < 1.29 is 9.90 Å². The van der Waals surface area contributed by atoms with Gasteiger partial charge in [-0.3, -0.25) is 0 Å². The van der Waals surface area contributed by atoms with E-state index in [1.165, 1.54) is 0 Å². The second-order valence-corrected chi connectivity index (χ2v) is 3.99. The summed E-state index contributed by atoms with van der Waals surface area (Å²) >= 11 is 0. The van der Waals surface area contributed by atoms with Gasteiger partial charge in [-0.1, -0.05) is 13.5 Å². The molecule has 3 heteroatoms. The van der Waals surface area contributed by atoms with Crippen molar-refractivity contribution >= 4 is 5.97 Å². The molecule has 1 aliphatic rings. The van der Waals surface area contributed by atoms with Gasteiger partial charge in [0.15, 0.2) is 0 Å². The molecule has 0 bridgehead atoms. The molecule has 0 radical (unpaired) electrons. The summed E-state index contributed by atoms with van der Waals surface area (Å²) in [5.74, 6) is -0.315. The van der Waals surface area contributed by atoms with Crippen LogP contribution in [0.25, 0.3) is 0 Å². The largest absolute Gasteiger partial charge is 0.478 e. The first kappa shape index (κ1) is 11.2. The number of carboxylic acids is 1. The van der Waals surface area contributed by atoms with Crippen molar-refractivity contribution in [2.75, 3.05) is 19.6 Å². The summed E-state index contributed by atoms with van der Waals surface area (Å²) in [5.41, 5.74) is 0.361. The molecule has 0 atom stereocenters. The zero-order chi connectivity index (χ0) is 10.6. The Balaban J connectivity index is 2.29. The zero-order valence-corrected chi connectivity index (χ0v) is 8.83. The van der Waals surface area contributed by atoms with Crippen LogP contribution in [0.15, 0.2) is 12.2 Å². The molecule has 1 saturated heterocycles. The smallest absolute Gasteiger partial charge is 0.330 e. The molecular formula is C11H19NO2. The van der Waals surface area contributed by atoms with E-state index in [1.807, 2.05) is 0 Å². The fourth-order valence-electron chi connectivity index (χ4n) is 1.94. The molecule has 1 fully saturated rings. The van der Waals surface area contributed by atoms with E-state index in [-0.39, 0.29) is 0 Å². The van der Waals surface area contributed by atoms with Crippen molar-refractivity contribution in [1.29, 1.82) is 0 Å². The summed E-state index contributed by atoms with van der Waals surface area (Å²) in [6.07, 6.45) is 2.88. The van der Waals surface area contributed by atoms with Crippen LogP contribution in [0.3, 0.4) is 0 Å². The number of likely N-dealkylation sites (tertiary alicyclic amines) is 1. The molecule has 0 spiro atoms. The monoisotopic (exact) mass is 197 g/mol. The van der Waals surface area contributed by atoms with Gasteiger partial charge in [-0.25, -0.2) is 4.79 Å². The van der Waals surface area contributed by atoms with Crippen molar-refractivity contribution in [3.8, 4) is 0 Å². The van der Waals surface area contributed by atoms with Crippen LogP contribution >= 0.6 is 0 Å². The number of carboxylic acid groups (broad SMARTS) is 1. The molecule has 1 aliphatic heterocycles. The van der Waals surface area contributed by atoms with E-state index in [0.29, 0.717) is 17.9 Å². The predicted octanol–water partition coefficient (Wildman–Crippen LogP) is 1.75. The highest BCUT2D eigenvalue weighted by Crippen LogP contribution is 2.23. The van der Waals surface area contributed by atoms with Crippen molar-refractivity contribution in [3.63, 3.8) is 0 Å². The zero-order valence-electron chi connectivity index (χ0n) is 8.83. The SMILES string of the molecule is C=C(CC1CCN(CC)CC1)C(=O)O. The standard InChI is InChI=1S/C11H19NO2/c1-3-12-6-4-10(5-7-12)8-9(2)11(13)14/h10H,2-8H2,1H3,(H,13,14). The van der Waals surface area contributed by atoms with Crippen LogP contribution in [-0.2, 0) is 4.79 Å². The molecule has 1 rings (SSSR count). The van der Waals surface area contributed by atoms with E-state index < -0.39 is 5.97 Å². The Hall–Kier alpha value is -0.830. The van der Waals surface area contributed by atoms with Crippen LogP contribution in [-0.4, -0.2) is 35.6 Å². The lowest BCUT2D eigenvalue weighted by atomic mass is 9.90. The van der Waals surface area contributed by atoms with Crippen molar-refractivity contribution in [3.05, 3.63) is 12.2 Å². The van der Waals surface area contributed by atoms with Gasteiger partial charge in [0.25, 0.3) is 0 Å². The van der Waals surface area contributed by atoms with E-state index in [9.17, 15) is 4.79 Å². The van der Waals surface area contributed by atoms with Crippen LogP contribution in [0.4, 0.5) is 0 Å². The minimum atomic E-state index is -0.845. The minimum absolute atomic E-state index is 0.361. The Labute approximate surface area is 85.4 Å². The molecule has 80 valence electrons. The summed E-state index contributed by atoms with van der Waals surface area (Å²) in [5, 5.41) is 8.70. The molecule has 0 unspecified atom stereocenters. The van der Waals surface area contributed by atoms with Crippen molar-refractivity contribution in [2.24, 2.45) is 5.92 Å². The van der Waals surface area contributed by atoms with Crippen molar-refractivity contribution in [1.82, 2.24) is 4.90 Å². The van der Waals surface area contributed by atoms with Gasteiger partial charge >= 0.3 is 5.97 Å². The lowest BCUT2D eigenvalue weighted by Gasteiger charge is -2.30. The number of aliphatic carboxylic acids is 1. The van der Waals surface area contributed by atoms with Gasteiger partial charge < -0.3 is 10.0 Å². The Morgan fingerprint density at radius 1 is 1.50 bits per heavy atom. The third-order valence-corrected chi connectivity index (χ3v) is 2.99. The predicted molar refractivity (Wildman–Crippen MR) is 56.2 cm³/mol. The number of hydrogen-bond donors (Lipinski definition) is 1. The Morgan fingerprint density at radius 3 is 2.50 bits per heavy atom. The summed E-state index contributed by atoms with van der Waals surface area (Å²) in [4.78, 5) is 13.0. The van der Waals surface area contributed by atoms with E-state index in [4.69, 9.17) is 5.11 Å². The van der Waals surface area contributed by atoms with Crippen LogP contribution in [0.2, 0.25) is 0 Å². The minimum Gasteiger partial charge on any atom is -0.478 e. The Morgan fingerprint density at radius 2 is 2.07 bits per heavy atom. The first-order valence-corrected chi connectivity index (χ1v) is 5.27. The highest BCUT2D eigenvalue weighted by molar-refractivity contribution is 5.85. The summed E-state index contributed by atoms with van der Waals surface area (Å²) in [6, 6.07) is 0. The van der Waals surface area contributed by atoms with Gasteiger partial charge in [0.2, 0.25) is 0 Å². The number of piperidine rings is 1. The fourth-order valence-corrected chi connectivity index (χ4v) is 1.94. The first-order valence-electron chi connectivity index (χ1n) is 5.27. The quantitative estimate of drug-likeness (QED) is 0.698. The third-order valence-electron chi connectivity index (χ3n) is 2.99. The van der Waals surface area contributed by atoms with Gasteiger partial charge in [-0.15, -0.1) is 0 Å². The van der Waals surface area contributed by atoms with E-state index in [0.717, 1.165) is 32.5 Å². The topological polar surface area (TPSA) is 40.5 Å².